The van der Waals surface area contributed by atoms with Crippen LogP contribution in [-0.4, -0.2) is 16.9 Å². The molecule has 102 valence electrons. The Bertz CT molecular complexity index is 512. The number of hydrogen-bond acceptors (Lipinski definition) is 5. The molecule has 0 spiro atoms. The van der Waals surface area contributed by atoms with Gasteiger partial charge in [-0.2, -0.15) is 0 Å². The Hall–Kier alpha value is -2.15. The number of carbonyl (C=O) groups is 1. The summed E-state index contributed by atoms with van der Waals surface area (Å²) in [5, 5.41) is 13.9. The molecular formula is C12H16N4O3. The van der Waals surface area contributed by atoms with Crippen molar-refractivity contribution >= 4 is 17.3 Å². The number of nitro benzene ring substituents is 1. The van der Waals surface area contributed by atoms with Gasteiger partial charge < -0.3 is 10.7 Å². The van der Waals surface area contributed by atoms with Crippen LogP contribution in [0.3, 0.4) is 0 Å². The molecule has 1 amide bonds. The number of carbonyl (C=O) groups excluding carboxylic acids is 1. The predicted octanol–water partition coefficient (Wildman–Crippen LogP) is 1.41. The molecule has 0 unspecified atom stereocenters. The molecule has 19 heavy (non-hydrogen) atoms. The SMILES string of the molecule is CC1CC(NC(=O)c2cccc(NN)c2[N+](=O)[O-])C1. The lowest BCUT2D eigenvalue weighted by Crippen LogP contribution is -2.43. The Balaban J connectivity index is 2.23. The highest BCUT2D eigenvalue weighted by Gasteiger charge is 2.30. The third kappa shape index (κ3) is 2.65. The van der Waals surface area contributed by atoms with Gasteiger partial charge in [0, 0.05) is 6.04 Å². The number of nitrogen functional groups attached to an aromatic ring is 1. The number of nitrogens with zero attached hydrogens (tertiary/aromatic N) is 1. The topological polar surface area (TPSA) is 110 Å². The second-order valence-corrected chi connectivity index (χ2v) is 4.85. The number of hydrogen-bond donors (Lipinski definition) is 3. The number of anilines is 1. The van der Waals surface area contributed by atoms with E-state index in [2.05, 4.69) is 17.7 Å². The van der Waals surface area contributed by atoms with Gasteiger partial charge in [0.05, 0.1) is 4.92 Å². The Morgan fingerprint density at radius 1 is 1.47 bits per heavy atom. The highest BCUT2D eigenvalue weighted by Crippen LogP contribution is 2.30. The van der Waals surface area contributed by atoms with Gasteiger partial charge in [-0.3, -0.25) is 20.8 Å². The van der Waals surface area contributed by atoms with E-state index in [4.69, 9.17) is 5.84 Å². The summed E-state index contributed by atoms with van der Waals surface area (Å²) < 4.78 is 0. The fourth-order valence-electron chi connectivity index (χ4n) is 2.32. The molecule has 1 aromatic carbocycles. The minimum Gasteiger partial charge on any atom is -0.349 e. The zero-order valence-electron chi connectivity index (χ0n) is 10.6. The maximum Gasteiger partial charge on any atom is 0.306 e. The molecule has 4 N–H and O–H groups in total. The first kappa shape index (κ1) is 13.3. The third-order valence-electron chi connectivity index (χ3n) is 3.33. The average Bonchev–Trinajstić information content (AvgIpc) is 2.35. The molecule has 0 radical (unpaired) electrons. The van der Waals surface area contributed by atoms with Crippen molar-refractivity contribution in [2.45, 2.75) is 25.8 Å². The molecule has 1 aromatic rings. The summed E-state index contributed by atoms with van der Waals surface area (Å²) in [5.74, 6) is 5.39. The van der Waals surface area contributed by atoms with Gasteiger partial charge in [0.2, 0.25) is 0 Å². The van der Waals surface area contributed by atoms with Crippen LogP contribution < -0.4 is 16.6 Å². The van der Waals surface area contributed by atoms with Crippen LogP contribution in [0.25, 0.3) is 0 Å². The molecule has 7 nitrogen and oxygen atoms in total. The molecule has 1 aliphatic rings. The summed E-state index contributed by atoms with van der Waals surface area (Å²) in [6.07, 6.45) is 1.82. The second kappa shape index (κ2) is 5.23. The zero-order valence-corrected chi connectivity index (χ0v) is 10.6. The second-order valence-electron chi connectivity index (χ2n) is 4.85. The third-order valence-corrected chi connectivity index (χ3v) is 3.33. The fraction of sp³-hybridized carbons (Fsp3) is 0.417. The lowest BCUT2D eigenvalue weighted by molar-refractivity contribution is -0.384. The highest BCUT2D eigenvalue weighted by molar-refractivity contribution is 6.00. The Kier molecular flexibility index (Phi) is 3.66. The van der Waals surface area contributed by atoms with Gasteiger partial charge >= 0.3 is 5.69 Å². The van der Waals surface area contributed by atoms with Crippen LogP contribution in [0.4, 0.5) is 11.4 Å². The van der Waals surface area contributed by atoms with Crippen molar-refractivity contribution < 1.29 is 9.72 Å². The standard InChI is InChI=1S/C12H16N4O3/c1-7-5-8(6-7)14-12(17)9-3-2-4-10(15-13)11(9)16(18)19/h2-4,7-8,15H,5-6,13H2,1H3,(H,14,17). The van der Waals surface area contributed by atoms with E-state index in [0.717, 1.165) is 12.8 Å². The average molecular weight is 264 g/mol. The molecule has 2 rings (SSSR count). The van der Waals surface area contributed by atoms with Crippen molar-refractivity contribution in [1.82, 2.24) is 5.32 Å². The monoisotopic (exact) mass is 264 g/mol. The van der Waals surface area contributed by atoms with E-state index in [9.17, 15) is 14.9 Å². The zero-order chi connectivity index (χ0) is 14.0. The van der Waals surface area contributed by atoms with Gasteiger partial charge in [0.25, 0.3) is 5.91 Å². The first-order valence-corrected chi connectivity index (χ1v) is 6.07. The molecule has 0 atom stereocenters. The smallest absolute Gasteiger partial charge is 0.306 e. The summed E-state index contributed by atoms with van der Waals surface area (Å²) in [5.41, 5.74) is 2.09. The Labute approximate surface area is 110 Å². The van der Waals surface area contributed by atoms with E-state index in [1.165, 1.54) is 12.1 Å². The summed E-state index contributed by atoms with van der Waals surface area (Å²) in [4.78, 5) is 22.5. The predicted molar refractivity (Wildman–Crippen MR) is 70.6 cm³/mol. The number of nitro groups is 1. The van der Waals surface area contributed by atoms with E-state index in [1.54, 1.807) is 6.07 Å². The van der Waals surface area contributed by atoms with Gasteiger partial charge in [-0.05, 0) is 30.9 Å². The van der Waals surface area contributed by atoms with Gasteiger partial charge in [-0.1, -0.05) is 13.0 Å². The number of para-hydroxylation sites is 1. The van der Waals surface area contributed by atoms with E-state index in [-0.39, 0.29) is 23.0 Å². The number of amides is 1. The van der Waals surface area contributed by atoms with Crippen LogP contribution in [0.1, 0.15) is 30.1 Å². The Morgan fingerprint density at radius 3 is 2.68 bits per heavy atom. The van der Waals surface area contributed by atoms with Crippen molar-refractivity contribution in [3.63, 3.8) is 0 Å². The Morgan fingerprint density at radius 2 is 2.16 bits per heavy atom. The number of rotatable bonds is 4. The summed E-state index contributed by atoms with van der Waals surface area (Å²) in [7, 11) is 0. The molecule has 0 saturated heterocycles. The van der Waals surface area contributed by atoms with Crippen molar-refractivity contribution in [2.24, 2.45) is 11.8 Å². The van der Waals surface area contributed by atoms with Crippen molar-refractivity contribution in [3.05, 3.63) is 33.9 Å². The van der Waals surface area contributed by atoms with E-state index in [1.807, 2.05) is 0 Å². The lowest BCUT2D eigenvalue weighted by Gasteiger charge is -2.33. The van der Waals surface area contributed by atoms with Gasteiger partial charge in [0.15, 0.2) is 0 Å². The molecule has 7 heteroatoms. The van der Waals surface area contributed by atoms with Crippen molar-refractivity contribution in [3.8, 4) is 0 Å². The quantitative estimate of drug-likeness (QED) is 0.432. The van der Waals surface area contributed by atoms with Gasteiger partial charge in [-0.15, -0.1) is 0 Å². The highest BCUT2D eigenvalue weighted by atomic mass is 16.6. The molecule has 1 aliphatic carbocycles. The van der Waals surface area contributed by atoms with Gasteiger partial charge in [0.1, 0.15) is 11.3 Å². The minimum atomic E-state index is -0.604. The first-order chi connectivity index (χ1) is 9.02. The first-order valence-electron chi connectivity index (χ1n) is 6.07. The maximum absolute atomic E-state index is 12.1. The molecule has 0 aliphatic heterocycles. The fourth-order valence-corrected chi connectivity index (χ4v) is 2.32. The van der Waals surface area contributed by atoms with Crippen LogP contribution >= 0.6 is 0 Å². The number of hydrazine groups is 1. The molecule has 1 saturated carbocycles. The molecule has 0 aromatic heterocycles. The van der Waals surface area contributed by atoms with Crippen LogP contribution in [0.15, 0.2) is 18.2 Å². The van der Waals surface area contributed by atoms with Gasteiger partial charge in [-0.25, -0.2) is 0 Å². The molecule has 1 fully saturated rings. The van der Waals surface area contributed by atoms with E-state index in [0.29, 0.717) is 5.92 Å². The molecule has 0 heterocycles. The maximum atomic E-state index is 12.1. The van der Waals surface area contributed by atoms with Crippen molar-refractivity contribution in [2.75, 3.05) is 5.43 Å². The van der Waals surface area contributed by atoms with Crippen LogP contribution in [0, 0.1) is 16.0 Å². The lowest BCUT2D eigenvalue weighted by atomic mass is 9.82. The normalized spacial score (nSPS) is 21.4. The molecule has 0 bridgehead atoms. The largest absolute Gasteiger partial charge is 0.349 e. The van der Waals surface area contributed by atoms with Crippen LogP contribution in [0.2, 0.25) is 0 Å². The van der Waals surface area contributed by atoms with Crippen molar-refractivity contribution in [1.29, 1.82) is 0 Å². The summed E-state index contributed by atoms with van der Waals surface area (Å²) >= 11 is 0. The van der Waals surface area contributed by atoms with Crippen LogP contribution in [-0.2, 0) is 0 Å². The van der Waals surface area contributed by atoms with Crippen LogP contribution in [0.5, 0.6) is 0 Å². The molecular weight excluding hydrogens is 248 g/mol. The van der Waals surface area contributed by atoms with E-state index < -0.39 is 10.8 Å². The number of benzene rings is 1. The minimum absolute atomic E-state index is 0.0278. The number of nitrogens with one attached hydrogen (secondary N) is 2. The van der Waals surface area contributed by atoms with E-state index >= 15 is 0 Å². The summed E-state index contributed by atoms with van der Waals surface area (Å²) in [6.45, 7) is 2.10. The number of nitrogens with two attached hydrogens (primary N) is 1. The summed E-state index contributed by atoms with van der Waals surface area (Å²) in [6, 6.07) is 4.55.